The summed E-state index contributed by atoms with van der Waals surface area (Å²) in [6.45, 7) is 2.07. The predicted octanol–water partition coefficient (Wildman–Crippen LogP) is 0.602. The summed E-state index contributed by atoms with van der Waals surface area (Å²) < 4.78 is 0. The first kappa shape index (κ1) is 7.54. The van der Waals surface area contributed by atoms with Crippen LogP contribution < -0.4 is 5.32 Å². The molecule has 0 radical (unpaired) electrons. The normalized spacial score (nSPS) is 32.5. The third-order valence-corrected chi connectivity index (χ3v) is 2.03. The van der Waals surface area contributed by atoms with Crippen molar-refractivity contribution in [3.05, 3.63) is 0 Å². The summed E-state index contributed by atoms with van der Waals surface area (Å²) in [7, 11) is 0. The van der Waals surface area contributed by atoms with Gasteiger partial charge in [0, 0.05) is 6.04 Å². The van der Waals surface area contributed by atoms with Gasteiger partial charge in [0.2, 0.25) is 0 Å². The van der Waals surface area contributed by atoms with Crippen LogP contribution in [0.2, 0.25) is 0 Å². The molecule has 1 aliphatic rings. The Morgan fingerprint density at radius 3 is 2.70 bits per heavy atom. The zero-order chi connectivity index (χ0) is 7.56. The van der Waals surface area contributed by atoms with E-state index in [1.807, 2.05) is 0 Å². The highest BCUT2D eigenvalue weighted by molar-refractivity contribution is 5.73. The standard InChI is InChI=1S/C7H13NO2/c1-2-5-3-4-6(8-5)7(9)10/h5-6,8H,2-4H2,1H3,(H,9,10)/t5-,6?/m1/s1. The fraction of sp³-hybridized carbons (Fsp3) is 0.857. The molecule has 1 rings (SSSR count). The van der Waals surface area contributed by atoms with Crippen molar-refractivity contribution in [1.29, 1.82) is 0 Å². The molecule has 1 fully saturated rings. The molecule has 0 aromatic carbocycles. The topological polar surface area (TPSA) is 49.3 Å². The average Bonchev–Trinajstić information content (AvgIpc) is 2.34. The summed E-state index contributed by atoms with van der Waals surface area (Å²) in [5.41, 5.74) is 0. The lowest BCUT2D eigenvalue weighted by atomic mass is 10.1. The Balaban J connectivity index is 2.35. The second-order valence-corrected chi connectivity index (χ2v) is 2.74. The van der Waals surface area contributed by atoms with Gasteiger partial charge in [0.05, 0.1) is 0 Å². The molecule has 0 aliphatic carbocycles. The first-order valence-corrected chi connectivity index (χ1v) is 3.73. The molecular formula is C7H13NO2. The number of nitrogens with one attached hydrogen (secondary N) is 1. The average molecular weight is 143 g/mol. The molecule has 0 amide bonds. The maximum Gasteiger partial charge on any atom is 0.320 e. The Hall–Kier alpha value is -0.570. The molecule has 3 nitrogen and oxygen atoms in total. The monoisotopic (exact) mass is 143 g/mol. The van der Waals surface area contributed by atoms with Crippen LogP contribution in [0.25, 0.3) is 0 Å². The molecule has 2 N–H and O–H groups in total. The van der Waals surface area contributed by atoms with Gasteiger partial charge in [-0.1, -0.05) is 6.92 Å². The lowest BCUT2D eigenvalue weighted by Gasteiger charge is -2.07. The third-order valence-electron chi connectivity index (χ3n) is 2.03. The molecule has 0 spiro atoms. The van der Waals surface area contributed by atoms with Crippen LogP contribution in [0, 0.1) is 0 Å². The van der Waals surface area contributed by atoms with Crippen LogP contribution in [0.1, 0.15) is 26.2 Å². The Kier molecular flexibility index (Phi) is 2.27. The van der Waals surface area contributed by atoms with Crippen LogP contribution in [0.15, 0.2) is 0 Å². The van der Waals surface area contributed by atoms with Crippen LogP contribution in [0.5, 0.6) is 0 Å². The molecule has 0 bridgehead atoms. The van der Waals surface area contributed by atoms with Crippen molar-refractivity contribution in [1.82, 2.24) is 5.32 Å². The molecule has 1 unspecified atom stereocenters. The molecule has 58 valence electrons. The largest absolute Gasteiger partial charge is 0.480 e. The minimum atomic E-state index is -0.712. The quantitative estimate of drug-likeness (QED) is 0.595. The van der Waals surface area contributed by atoms with E-state index < -0.39 is 5.97 Å². The van der Waals surface area contributed by atoms with Crippen molar-refractivity contribution in [2.75, 3.05) is 0 Å². The minimum absolute atomic E-state index is 0.287. The maximum absolute atomic E-state index is 10.4. The summed E-state index contributed by atoms with van der Waals surface area (Å²) >= 11 is 0. The van der Waals surface area contributed by atoms with Gasteiger partial charge in [-0.25, -0.2) is 0 Å². The van der Waals surface area contributed by atoms with Crippen LogP contribution in [-0.4, -0.2) is 23.2 Å². The second-order valence-electron chi connectivity index (χ2n) is 2.74. The lowest BCUT2D eigenvalue weighted by molar-refractivity contribution is -0.139. The molecule has 10 heavy (non-hydrogen) atoms. The number of hydrogen-bond donors (Lipinski definition) is 2. The van der Waals surface area contributed by atoms with Gasteiger partial charge in [-0.05, 0) is 19.3 Å². The van der Waals surface area contributed by atoms with Gasteiger partial charge in [-0.15, -0.1) is 0 Å². The van der Waals surface area contributed by atoms with E-state index >= 15 is 0 Å². The lowest BCUT2D eigenvalue weighted by Crippen LogP contribution is -2.34. The molecule has 2 atom stereocenters. The van der Waals surface area contributed by atoms with Crippen LogP contribution in [0.4, 0.5) is 0 Å². The summed E-state index contributed by atoms with van der Waals surface area (Å²) in [5, 5.41) is 11.6. The zero-order valence-corrected chi connectivity index (χ0v) is 6.13. The van der Waals surface area contributed by atoms with Crippen LogP contribution in [-0.2, 0) is 4.79 Å². The van der Waals surface area contributed by atoms with E-state index in [0.717, 1.165) is 19.3 Å². The highest BCUT2D eigenvalue weighted by Gasteiger charge is 2.26. The smallest absolute Gasteiger partial charge is 0.320 e. The first-order valence-electron chi connectivity index (χ1n) is 3.73. The number of carboxylic acids is 1. The van der Waals surface area contributed by atoms with Gasteiger partial charge in [0.1, 0.15) is 6.04 Å². The highest BCUT2D eigenvalue weighted by Crippen LogP contribution is 2.14. The van der Waals surface area contributed by atoms with Gasteiger partial charge in [-0.2, -0.15) is 0 Å². The minimum Gasteiger partial charge on any atom is -0.480 e. The highest BCUT2D eigenvalue weighted by atomic mass is 16.4. The SMILES string of the molecule is CC[C@@H]1CCC(C(=O)O)N1. The number of carbonyl (C=O) groups is 1. The summed E-state index contributed by atoms with van der Waals surface area (Å²) in [6, 6.07) is 0.144. The maximum atomic E-state index is 10.4. The van der Waals surface area contributed by atoms with Gasteiger partial charge < -0.3 is 10.4 Å². The van der Waals surface area contributed by atoms with Gasteiger partial charge >= 0.3 is 5.97 Å². The van der Waals surface area contributed by atoms with E-state index in [9.17, 15) is 4.79 Å². The second kappa shape index (κ2) is 3.01. The van der Waals surface area contributed by atoms with E-state index in [1.54, 1.807) is 0 Å². The first-order chi connectivity index (χ1) is 4.74. The summed E-state index contributed by atoms with van der Waals surface area (Å²) in [6.07, 6.45) is 2.82. The summed E-state index contributed by atoms with van der Waals surface area (Å²) in [4.78, 5) is 10.4. The summed E-state index contributed by atoms with van der Waals surface area (Å²) in [5.74, 6) is -0.712. The fourth-order valence-corrected chi connectivity index (χ4v) is 1.34. The predicted molar refractivity (Wildman–Crippen MR) is 37.9 cm³/mol. The van der Waals surface area contributed by atoms with Crippen LogP contribution >= 0.6 is 0 Å². The van der Waals surface area contributed by atoms with E-state index in [1.165, 1.54) is 0 Å². The van der Waals surface area contributed by atoms with Crippen molar-refractivity contribution in [2.24, 2.45) is 0 Å². The zero-order valence-electron chi connectivity index (χ0n) is 6.13. The fourth-order valence-electron chi connectivity index (χ4n) is 1.34. The van der Waals surface area contributed by atoms with Crippen molar-refractivity contribution in [2.45, 2.75) is 38.3 Å². The Bertz CT molecular complexity index is 136. The molecule has 0 aromatic rings. The molecule has 1 heterocycles. The molecule has 0 aromatic heterocycles. The number of hydrogen-bond acceptors (Lipinski definition) is 2. The number of rotatable bonds is 2. The third kappa shape index (κ3) is 1.48. The molecule has 1 saturated heterocycles. The Morgan fingerprint density at radius 1 is 1.70 bits per heavy atom. The Labute approximate surface area is 60.4 Å². The molecular weight excluding hydrogens is 130 g/mol. The Morgan fingerprint density at radius 2 is 2.40 bits per heavy atom. The van der Waals surface area contributed by atoms with E-state index in [4.69, 9.17) is 5.11 Å². The van der Waals surface area contributed by atoms with Crippen molar-refractivity contribution >= 4 is 5.97 Å². The van der Waals surface area contributed by atoms with Gasteiger partial charge in [-0.3, -0.25) is 4.79 Å². The van der Waals surface area contributed by atoms with E-state index in [2.05, 4.69) is 12.2 Å². The van der Waals surface area contributed by atoms with Gasteiger partial charge in [0.15, 0.2) is 0 Å². The van der Waals surface area contributed by atoms with E-state index in [-0.39, 0.29) is 6.04 Å². The van der Waals surface area contributed by atoms with Crippen LogP contribution in [0.3, 0.4) is 0 Å². The van der Waals surface area contributed by atoms with Crippen molar-refractivity contribution in [3.63, 3.8) is 0 Å². The number of aliphatic carboxylic acids is 1. The molecule has 3 heteroatoms. The number of carboxylic acid groups (broad SMARTS) is 1. The van der Waals surface area contributed by atoms with Crippen molar-refractivity contribution in [3.8, 4) is 0 Å². The molecule has 1 aliphatic heterocycles. The van der Waals surface area contributed by atoms with Crippen molar-refractivity contribution < 1.29 is 9.90 Å². The van der Waals surface area contributed by atoms with Gasteiger partial charge in [0.25, 0.3) is 0 Å². The molecule has 0 saturated carbocycles. The van der Waals surface area contributed by atoms with E-state index in [0.29, 0.717) is 6.04 Å².